The molecule has 1 amide bonds. The number of aryl methyl sites for hydroxylation is 1. The van der Waals surface area contributed by atoms with Crippen LogP contribution in [0.5, 0.6) is 0 Å². The van der Waals surface area contributed by atoms with Crippen LogP contribution in [-0.4, -0.2) is 31.7 Å². The van der Waals surface area contributed by atoms with Gasteiger partial charge in [-0.05, 0) is 43.4 Å². The van der Waals surface area contributed by atoms with E-state index in [0.717, 1.165) is 19.3 Å². The number of carbonyl (C=O) groups excluding carboxylic acids is 1. The Morgan fingerprint density at radius 2 is 1.87 bits per heavy atom. The van der Waals surface area contributed by atoms with E-state index in [1.165, 1.54) is 0 Å². The summed E-state index contributed by atoms with van der Waals surface area (Å²) in [5, 5.41) is 2.79. The van der Waals surface area contributed by atoms with Crippen LogP contribution in [0.4, 0.5) is 5.69 Å². The Labute approximate surface area is 139 Å². The SMILES string of the molecule is Cc1ccc(NC(=O)CC(C)C)cc1S(=O)(=O)N1CCCCC1. The summed E-state index contributed by atoms with van der Waals surface area (Å²) in [6, 6.07) is 5.09. The van der Waals surface area contributed by atoms with E-state index in [2.05, 4.69) is 5.32 Å². The molecular formula is C17H26N2O3S. The van der Waals surface area contributed by atoms with Crippen molar-refractivity contribution in [2.45, 2.75) is 51.3 Å². The van der Waals surface area contributed by atoms with Crippen molar-refractivity contribution in [1.29, 1.82) is 0 Å². The molecule has 0 aromatic heterocycles. The third kappa shape index (κ3) is 4.54. The maximum atomic E-state index is 12.8. The number of hydrogen-bond donors (Lipinski definition) is 1. The fourth-order valence-corrected chi connectivity index (χ4v) is 4.55. The number of carbonyl (C=O) groups is 1. The first-order valence-electron chi connectivity index (χ1n) is 8.21. The van der Waals surface area contributed by atoms with Crippen molar-refractivity contribution in [2.75, 3.05) is 18.4 Å². The molecule has 0 radical (unpaired) electrons. The zero-order valence-electron chi connectivity index (χ0n) is 14.1. The maximum absolute atomic E-state index is 12.8. The quantitative estimate of drug-likeness (QED) is 0.897. The summed E-state index contributed by atoms with van der Waals surface area (Å²) in [7, 11) is -3.49. The highest BCUT2D eigenvalue weighted by molar-refractivity contribution is 7.89. The second-order valence-corrected chi connectivity index (χ2v) is 8.50. The van der Waals surface area contributed by atoms with Crippen molar-refractivity contribution in [3.05, 3.63) is 23.8 Å². The number of piperidine rings is 1. The number of amides is 1. The molecule has 1 aliphatic rings. The molecule has 1 aromatic carbocycles. The summed E-state index contributed by atoms with van der Waals surface area (Å²) in [4.78, 5) is 12.2. The molecule has 1 aromatic rings. The largest absolute Gasteiger partial charge is 0.326 e. The highest BCUT2D eigenvalue weighted by Gasteiger charge is 2.27. The van der Waals surface area contributed by atoms with Crippen LogP contribution in [0, 0.1) is 12.8 Å². The van der Waals surface area contributed by atoms with Crippen LogP contribution >= 0.6 is 0 Å². The van der Waals surface area contributed by atoms with Crippen molar-refractivity contribution in [3.63, 3.8) is 0 Å². The van der Waals surface area contributed by atoms with E-state index in [1.54, 1.807) is 29.4 Å². The lowest BCUT2D eigenvalue weighted by molar-refractivity contribution is -0.116. The van der Waals surface area contributed by atoms with E-state index >= 15 is 0 Å². The molecule has 5 nitrogen and oxygen atoms in total. The Bertz CT molecular complexity index is 662. The molecule has 1 aliphatic heterocycles. The van der Waals surface area contributed by atoms with Gasteiger partial charge in [-0.1, -0.05) is 26.3 Å². The number of sulfonamides is 1. The fraction of sp³-hybridized carbons (Fsp3) is 0.588. The molecule has 128 valence electrons. The molecule has 0 aliphatic carbocycles. The van der Waals surface area contributed by atoms with Crippen LogP contribution in [0.1, 0.15) is 45.1 Å². The van der Waals surface area contributed by atoms with Crippen molar-refractivity contribution in [1.82, 2.24) is 4.31 Å². The average Bonchev–Trinajstić information content (AvgIpc) is 2.49. The Morgan fingerprint density at radius 3 is 2.48 bits per heavy atom. The Morgan fingerprint density at radius 1 is 1.22 bits per heavy atom. The summed E-state index contributed by atoms with van der Waals surface area (Å²) in [6.07, 6.45) is 3.31. The van der Waals surface area contributed by atoms with E-state index in [-0.39, 0.29) is 11.8 Å². The molecular weight excluding hydrogens is 312 g/mol. The van der Waals surface area contributed by atoms with Gasteiger partial charge in [-0.15, -0.1) is 0 Å². The Kier molecular flexibility index (Phi) is 5.81. The maximum Gasteiger partial charge on any atom is 0.243 e. The predicted molar refractivity (Wildman–Crippen MR) is 91.9 cm³/mol. The molecule has 0 unspecified atom stereocenters. The number of hydrogen-bond acceptors (Lipinski definition) is 3. The van der Waals surface area contributed by atoms with Gasteiger partial charge in [0.15, 0.2) is 0 Å². The molecule has 1 N–H and O–H groups in total. The normalized spacial score (nSPS) is 16.5. The lowest BCUT2D eigenvalue weighted by atomic mass is 10.1. The van der Waals surface area contributed by atoms with Gasteiger partial charge in [0.2, 0.25) is 15.9 Å². The molecule has 23 heavy (non-hydrogen) atoms. The first kappa shape index (κ1) is 17.9. The Hall–Kier alpha value is -1.40. The lowest BCUT2D eigenvalue weighted by Crippen LogP contribution is -2.36. The van der Waals surface area contributed by atoms with Gasteiger partial charge in [-0.3, -0.25) is 4.79 Å². The number of rotatable bonds is 5. The summed E-state index contributed by atoms with van der Waals surface area (Å²) in [5.74, 6) is 0.169. The van der Waals surface area contributed by atoms with Crippen LogP contribution in [0.15, 0.2) is 23.1 Å². The van der Waals surface area contributed by atoms with Gasteiger partial charge in [0.05, 0.1) is 4.90 Å². The van der Waals surface area contributed by atoms with Crippen LogP contribution in [0.25, 0.3) is 0 Å². The minimum absolute atomic E-state index is 0.0924. The molecule has 1 saturated heterocycles. The third-order valence-corrected chi connectivity index (χ3v) is 6.04. The Balaban J connectivity index is 2.24. The van der Waals surface area contributed by atoms with E-state index in [4.69, 9.17) is 0 Å². The monoisotopic (exact) mass is 338 g/mol. The van der Waals surface area contributed by atoms with E-state index in [0.29, 0.717) is 35.7 Å². The van der Waals surface area contributed by atoms with E-state index in [9.17, 15) is 13.2 Å². The zero-order valence-corrected chi connectivity index (χ0v) is 14.9. The molecule has 1 heterocycles. The number of anilines is 1. The van der Waals surface area contributed by atoms with Gasteiger partial charge >= 0.3 is 0 Å². The van der Waals surface area contributed by atoms with Crippen LogP contribution in [-0.2, 0) is 14.8 Å². The molecule has 1 fully saturated rings. The van der Waals surface area contributed by atoms with Gasteiger partial charge in [-0.25, -0.2) is 8.42 Å². The van der Waals surface area contributed by atoms with Crippen molar-refractivity contribution >= 4 is 21.6 Å². The number of nitrogens with zero attached hydrogens (tertiary/aromatic N) is 1. The second-order valence-electron chi connectivity index (χ2n) is 6.59. The first-order chi connectivity index (χ1) is 10.8. The third-order valence-electron chi connectivity index (χ3n) is 4.00. The molecule has 0 spiro atoms. The van der Waals surface area contributed by atoms with Gasteiger partial charge < -0.3 is 5.32 Å². The number of benzene rings is 1. The van der Waals surface area contributed by atoms with Crippen molar-refractivity contribution < 1.29 is 13.2 Å². The first-order valence-corrected chi connectivity index (χ1v) is 9.65. The highest BCUT2D eigenvalue weighted by Crippen LogP contribution is 2.26. The van der Waals surface area contributed by atoms with E-state index in [1.807, 2.05) is 13.8 Å². The molecule has 6 heteroatoms. The van der Waals surface area contributed by atoms with Gasteiger partial charge in [0, 0.05) is 25.2 Å². The van der Waals surface area contributed by atoms with Crippen LogP contribution in [0.3, 0.4) is 0 Å². The zero-order chi connectivity index (χ0) is 17.0. The second kappa shape index (κ2) is 7.45. The molecule has 0 bridgehead atoms. The van der Waals surface area contributed by atoms with Crippen LogP contribution in [0.2, 0.25) is 0 Å². The number of nitrogens with one attached hydrogen (secondary N) is 1. The summed E-state index contributed by atoms with van der Waals surface area (Å²) in [5.41, 5.74) is 1.24. The average molecular weight is 338 g/mol. The molecule has 0 saturated carbocycles. The van der Waals surface area contributed by atoms with Crippen molar-refractivity contribution in [2.24, 2.45) is 5.92 Å². The summed E-state index contributed by atoms with van der Waals surface area (Å²) < 4.78 is 27.2. The van der Waals surface area contributed by atoms with Gasteiger partial charge in [-0.2, -0.15) is 4.31 Å². The fourth-order valence-electron chi connectivity index (χ4n) is 2.78. The van der Waals surface area contributed by atoms with E-state index < -0.39 is 10.0 Å². The molecule has 2 rings (SSSR count). The summed E-state index contributed by atoms with van der Waals surface area (Å²) in [6.45, 7) is 6.88. The molecule has 0 atom stereocenters. The minimum atomic E-state index is -3.49. The minimum Gasteiger partial charge on any atom is -0.326 e. The standard InChI is InChI=1S/C17H26N2O3S/c1-13(2)11-17(20)18-15-8-7-14(3)16(12-15)23(21,22)19-9-5-4-6-10-19/h7-8,12-13H,4-6,9-11H2,1-3H3,(H,18,20). The smallest absolute Gasteiger partial charge is 0.243 e. The van der Waals surface area contributed by atoms with Gasteiger partial charge in [0.1, 0.15) is 0 Å². The van der Waals surface area contributed by atoms with Gasteiger partial charge in [0.25, 0.3) is 0 Å². The van der Waals surface area contributed by atoms with Crippen LogP contribution < -0.4 is 5.32 Å². The lowest BCUT2D eigenvalue weighted by Gasteiger charge is -2.26. The predicted octanol–water partition coefficient (Wildman–Crippen LogP) is 3.15. The highest BCUT2D eigenvalue weighted by atomic mass is 32.2. The van der Waals surface area contributed by atoms with Crippen molar-refractivity contribution in [3.8, 4) is 0 Å². The topological polar surface area (TPSA) is 66.5 Å². The summed E-state index contributed by atoms with van der Waals surface area (Å²) >= 11 is 0.